The van der Waals surface area contributed by atoms with Gasteiger partial charge >= 0.3 is 5.97 Å². The van der Waals surface area contributed by atoms with Crippen molar-refractivity contribution in [3.63, 3.8) is 0 Å². The molecular weight excluding hydrogens is 320 g/mol. The first-order valence-corrected chi connectivity index (χ1v) is 9.10. The molecule has 1 saturated heterocycles. The lowest BCUT2D eigenvalue weighted by Crippen LogP contribution is -2.66. The van der Waals surface area contributed by atoms with Crippen molar-refractivity contribution in [2.45, 2.75) is 39.2 Å². The molecule has 3 aliphatic carbocycles. The number of esters is 1. The quantitative estimate of drug-likeness (QED) is 0.557. The molecule has 6 atom stereocenters. The normalized spacial score (nSPS) is 47.8. The summed E-state index contributed by atoms with van der Waals surface area (Å²) in [6.07, 6.45) is 4.43. The molecule has 4 aliphatic rings. The minimum Gasteiger partial charge on any atom is -0.464 e. The second-order valence-corrected chi connectivity index (χ2v) is 8.92. The summed E-state index contributed by atoms with van der Waals surface area (Å²) in [5, 5.41) is 21.1. The molecule has 3 fully saturated rings. The summed E-state index contributed by atoms with van der Waals surface area (Å²) >= 11 is 0. The lowest BCUT2D eigenvalue weighted by atomic mass is 9.45. The Hall–Kier alpha value is -1.46. The van der Waals surface area contributed by atoms with Gasteiger partial charge in [0.1, 0.15) is 12.0 Å². The van der Waals surface area contributed by atoms with Crippen LogP contribution >= 0.6 is 0 Å². The Bertz CT molecular complexity index is 692. The Labute approximate surface area is 147 Å². The van der Waals surface area contributed by atoms with Crippen LogP contribution in [0.25, 0.3) is 0 Å². The van der Waals surface area contributed by atoms with Crippen molar-refractivity contribution < 1.29 is 24.5 Å². The Morgan fingerprint density at radius 3 is 2.68 bits per heavy atom. The van der Waals surface area contributed by atoms with E-state index in [1.807, 2.05) is 19.9 Å². The Balaban J connectivity index is 1.92. The van der Waals surface area contributed by atoms with Gasteiger partial charge in [-0.2, -0.15) is 0 Å². The van der Waals surface area contributed by atoms with Gasteiger partial charge < -0.3 is 14.9 Å². The summed E-state index contributed by atoms with van der Waals surface area (Å²) in [7, 11) is 0. The van der Waals surface area contributed by atoms with Gasteiger partial charge in [-0.05, 0) is 48.2 Å². The smallest absolute Gasteiger partial charge is 0.315 e. The van der Waals surface area contributed by atoms with Crippen LogP contribution in [0.15, 0.2) is 24.3 Å². The molecule has 1 heterocycles. The van der Waals surface area contributed by atoms with E-state index in [4.69, 9.17) is 4.74 Å². The van der Waals surface area contributed by atoms with Gasteiger partial charge in [0.15, 0.2) is 5.78 Å². The molecule has 25 heavy (non-hydrogen) atoms. The summed E-state index contributed by atoms with van der Waals surface area (Å²) < 4.78 is 5.57. The molecule has 5 heteroatoms. The number of ketones is 1. The Kier molecular flexibility index (Phi) is 3.42. The first-order valence-electron chi connectivity index (χ1n) is 9.10. The maximum absolute atomic E-state index is 13.2. The van der Waals surface area contributed by atoms with Gasteiger partial charge in [0, 0.05) is 12.5 Å². The van der Waals surface area contributed by atoms with Crippen molar-refractivity contribution in [3.05, 3.63) is 24.3 Å². The fourth-order valence-electron chi connectivity index (χ4n) is 6.31. The molecule has 2 bridgehead atoms. The van der Waals surface area contributed by atoms with Crippen molar-refractivity contribution in [1.82, 2.24) is 0 Å². The van der Waals surface area contributed by atoms with Gasteiger partial charge in [-0.3, -0.25) is 9.59 Å². The van der Waals surface area contributed by atoms with E-state index < -0.39 is 28.3 Å². The molecule has 0 amide bonds. The highest BCUT2D eigenvalue weighted by Gasteiger charge is 2.73. The summed E-state index contributed by atoms with van der Waals surface area (Å²) in [5.74, 6) is -1.09. The predicted molar refractivity (Wildman–Crippen MR) is 90.3 cm³/mol. The van der Waals surface area contributed by atoms with Crippen LogP contribution in [0.5, 0.6) is 0 Å². The molecule has 2 saturated carbocycles. The number of aliphatic hydroxyl groups is 2. The molecule has 0 aromatic carbocycles. The fraction of sp³-hybridized carbons (Fsp3) is 0.700. The first-order chi connectivity index (χ1) is 11.7. The van der Waals surface area contributed by atoms with Gasteiger partial charge in [0.2, 0.25) is 0 Å². The van der Waals surface area contributed by atoms with E-state index in [9.17, 15) is 19.8 Å². The van der Waals surface area contributed by atoms with Crippen LogP contribution in [0.1, 0.15) is 33.1 Å². The van der Waals surface area contributed by atoms with Gasteiger partial charge in [-0.25, -0.2) is 0 Å². The van der Waals surface area contributed by atoms with Crippen molar-refractivity contribution in [2.24, 2.45) is 34.0 Å². The van der Waals surface area contributed by atoms with Crippen LogP contribution < -0.4 is 0 Å². The SMILES string of the molecule is C=C1C(O)[C@]23C[C@H]1CC[C@H]2[C@]1(COC3=O)C(=O)C=CC(C)(C)[C@H]1CO. The maximum atomic E-state index is 13.2. The molecular formula is C20H26O5. The van der Waals surface area contributed by atoms with E-state index in [1.165, 1.54) is 0 Å². The maximum Gasteiger partial charge on any atom is 0.315 e. The molecule has 2 N–H and O–H groups in total. The second-order valence-electron chi connectivity index (χ2n) is 8.92. The first kappa shape index (κ1) is 17.0. The molecule has 0 aromatic rings. The van der Waals surface area contributed by atoms with Gasteiger partial charge in [0.25, 0.3) is 0 Å². The van der Waals surface area contributed by atoms with E-state index in [0.717, 1.165) is 6.42 Å². The largest absolute Gasteiger partial charge is 0.464 e. The highest BCUT2D eigenvalue weighted by molar-refractivity contribution is 5.98. The number of carbonyl (C=O) groups excluding carboxylic acids is 2. The van der Waals surface area contributed by atoms with E-state index in [0.29, 0.717) is 18.4 Å². The predicted octanol–water partition coefficient (Wildman–Crippen LogP) is 1.64. The average molecular weight is 346 g/mol. The summed E-state index contributed by atoms with van der Waals surface area (Å²) in [5.41, 5.74) is -1.78. The highest BCUT2D eigenvalue weighted by Crippen LogP contribution is 2.67. The van der Waals surface area contributed by atoms with E-state index in [1.54, 1.807) is 6.08 Å². The average Bonchev–Trinajstić information content (AvgIpc) is 2.77. The fourth-order valence-corrected chi connectivity index (χ4v) is 6.31. The third-order valence-corrected chi connectivity index (χ3v) is 7.64. The summed E-state index contributed by atoms with van der Waals surface area (Å²) in [4.78, 5) is 26.0. The van der Waals surface area contributed by atoms with Crippen LogP contribution in [0, 0.1) is 34.0 Å². The molecule has 1 aliphatic heterocycles. The van der Waals surface area contributed by atoms with Crippen LogP contribution in [0.4, 0.5) is 0 Å². The van der Waals surface area contributed by atoms with Crippen molar-refractivity contribution in [3.8, 4) is 0 Å². The highest BCUT2D eigenvalue weighted by atomic mass is 16.5. The lowest BCUT2D eigenvalue weighted by Gasteiger charge is -2.59. The minimum atomic E-state index is -1.09. The monoisotopic (exact) mass is 346 g/mol. The number of fused-ring (bicyclic) bond motifs is 2. The summed E-state index contributed by atoms with van der Waals surface area (Å²) in [6, 6.07) is 0. The zero-order chi connectivity index (χ0) is 18.2. The molecule has 4 rings (SSSR count). The minimum absolute atomic E-state index is 0.0139. The zero-order valence-corrected chi connectivity index (χ0v) is 14.8. The Morgan fingerprint density at radius 1 is 1.28 bits per heavy atom. The van der Waals surface area contributed by atoms with E-state index in [2.05, 4.69) is 6.58 Å². The van der Waals surface area contributed by atoms with Crippen LogP contribution in [-0.2, 0) is 14.3 Å². The number of cyclic esters (lactones) is 1. The summed E-state index contributed by atoms with van der Waals surface area (Å²) in [6.45, 7) is 7.83. The van der Waals surface area contributed by atoms with Crippen molar-refractivity contribution in [2.75, 3.05) is 13.2 Å². The standard InChI is InChI=1S/C20H26O5/c1-11-12-4-5-13-19(8-12,16(11)23)17(24)25-10-20(13)14(9-21)18(2,3)7-6-15(20)22/h6-7,12-14,16,21,23H,1,4-5,8-10H2,2-3H3/t12-,13-,14-,16?,19+,20+/m1/s1. The molecule has 0 aromatic heterocycles. The van der Waals surface area contributed by atoms with Gasteiger partial charge in [-0.15, -0.1) is 0 Å². The third-order valence-electron chi connectivity index (χ3n) is 7.64. The van der Waals surface area contributed by atoms with E-state index >= 15 is 0 Å². The van der Waals surface area contributed by atoms with Crippen LogP contribution in [0.3, 0.4) is 0 Å². The second kappa shape index (κ2) is 5.04. The molecule has 0 radical (unpaired) electrons. The zero-order valence-electron chi connectivity index (χ0n) is 14.8. The van der Waals surface area contributed by atoms with Crippen LogP contribution in [0.2, 0.25) is 0 Å². The van der Waals surface area contributed by atoms with E-state index in [-0.39, 0.29) is 36.8 Å². The number of hydrogen-bond acceptors (Lipinski definition) is 5. The molecule has 1 unspecified atom stereocenters. The number of hydrogen-bond donors (Lipinski definition) is 2. The van der Waals surface area contributed by atoms with Gasteiger partial charge in [-0.1, -0.05) is 26.5 Å². The number of aliphatic hydroxyl groups excluding tert-OH is 2. The number of rotatable bonds is 1. The van der Waals surface area contributed by atoms with Crippen molar-refractivity contribution >= 4 is 11.8 Å². The number of carbonyl (C=O) groups is 2. The molecule has 136 valence electrons. The third kappa shape index (κ3) is 1.81. The number of allylic oxidation sites excluding steroid dienone is 2. The van der Waals surface area contributed by atoms with Gasteiger partial charge in [0.05, 0.1) is 11.5 Å². The Morgan fingerprint density at radius 2 is 2.00 bits per heavy atom. The molecule has 5 nitrogen and oxygen atoms in total. The van der Waals surface area contributed by atoms with Crippen molar-refractivity contribution in [1.29, 1.82) is 0 Å². The topological polar surface area (TPSA) is 83.8 Å². The number of ether oxygens (including phenoxy) is 1. The lowest BCUT2D eigenvalue weighted by molar-refractivity contribution is -0.215. The molecule has 2 spiro atoms. The van der Waals surface area contributed by atoms with Crippen LogP contribution in [-0.4, -0.2) is 41.3 Å².